The molecular weight excluding hydrogens is 395 g/mol. The first-order valence-corrected chi connectivity index (χ1v) is 8.12. The van der Waals surface area contributed by atoms with E-state index in [1.54, 1.807) is 0 Å². The van der Waals surface area contributed by atoms with Crippen LogP contribution in [0, 0.1) is 0 Å². The molecule has 0 radical (unpaired) electrons. The highest BCUT2D eigenvalue weighted by Crippen LogP contribution is 2.45. The van der Waals surface area contributed by atoms with Crippen LogP contribution < -0.4 is 10.5 Å². The minimum atomic E-state index is -5.85. The number of anilines is 2. The number of halogens is 6. The molecule has 1 aromatic heterocycles. The number of rotatable bonds is 4. The van der Waals surface area contributed by atoms with E-state index in [0.29, 0.717) is 0 Å². The van der Waals surface area contributed by atoms with Gasteiger partial charge in [0.05, 0.1) is 10.5 Å². The van der Waals surface area contributed by atoms with Gasteiger partial charge in [0.15, 0.2) is 0 Å². The summed E-state index contributed by atoms with van der Waals surface area (Å²) < 4.78 is 85.8. The highest BCUT2D eigenvalue weighted by atomic mass is 35.5. The zero-order valence-electron chi connectivity index (χ0n) is 11.9. The van der Waals surface area contributed by atoms with E-state index in [9.17, 15) is 30.4 Å². The molecule has 25 heavy (non-hydrogen) atoms. The fourth-order valence-corrected chi connectivity index (χ4v) is 2.40. The van der Waals surface area contributed by atoms with Gasteiger partial charge in [0.1, 0.15) is 5.15 Å². The lowest BCUT2D eigenvalue weighted by Gasteiger charge is -2.20. The molecule has 0 fully saturated rings. The van der Waals surface area contributed by atoms with Crippen molar-refractivity contribution in [2.24, 2.45) is 5.14 Å². The summed E-state index contributed by atoms with van der Waals surface area (Å²) in [6.07, 6.45) is -5.59. The Morgan fingerprint density at radius 2 is 1.64 bits per heavy atom. The van der Waals surface area contributed by atoms with Crippen LogP contribution in [0.4, 0.5) is 33.6 Å². The molecule has 1 heterocycles. The van der Waals surface area contributed by atoms with Gasteiger partial charge in [-0.3, -0.25) is 0 Å². The lowest BCUT2D eigenvalue weighted by molar-refractivity contribution is -0.289. The summed E-state index contributed by atoms with van der Waals surface area (Å²) in [7, 11) is -3.91. The zero-order chi connectivity index (χ0) is 19.0. The first-order chi connectivity index (χ1) is 11.3. The molecule has 0 aliphatic carbocycles. The average molecular weight is 403 g/mol. The van der Waals surface area contributed by atoms with E-state index in [4.69, 9.17) is 16.7 Å². The molecule has 0 amide bonds. The van der Waals surface area contributed by atoms with Gasteiger partial charge in [0, 0.05) is 11.9 Å². The highest BCUT2D eigenvalue weighted by molar-refractivity contribution is 7.89. The van der Waals surface area contributed by atoms with E-state index in [2.05, 4.69) is 15.3 Å². The quantitative estimate of drug-likeness (QED) is 0.604. The van der Waals surface area contributed by atoms with Crippen molar-refractivity contribution < 1.29 is 30.4 Å². The minimum Gasteiger partial charge on any atom is -0.324 e. The molecule has 1 aromatic carbocycles. The molecule has 136 valence electrons. The SMILES string of the molecule is NS(=O)(=O)c1ccc(Nc2ncc(C(F)(F)C(F)(F)F)c(Cl)n2)cc1. The van der Waals surface area contributed by atoms with Gasteiger partial charge in [-0.05, 0) is 24.3 Å². The minimum absolute atomic E-state index is 0.183. The third-order valence-corrected chi connectivity index (χ3v) is 4.09. The fourth-order valence-electron chi connectivity index (χ4n) is 1.64. The number of primary sulfonamides is 1. The maximum Gasteiger partial charge on any atom is 0.458 e. The third kappa shape index (κ3) is 4.14. The number of nitrogens with zero attached hydrogens (tertiary/aromatic N) is 2. The molecule has 0 aliphatic rings. The normalized spacial score (nSPS) is 12.9. The number of aromatic nitrogens is 2. The van der Waals surface area contributed by atoms with Crippen LogP contribution in [-0.4, -0.2) is 24.6 Å². The number of nitrogens with two attached hydrogens (primary N) is 1. The predicted octanol–water partition coefficient (Wildman–Crippen LogP) is 3.18. The third-order valence-electron chi connectivity index (χ3n) is 2.88. The first kappa shape index (κ1) is 19.3. The van der Waals surface area contributed by atoms with Crippen molar-refractivity contribution in [3.8, 4) is 0 Å². The van der Waals surface area contributed by atoms with E-state index in [1.165, 1.54) is 12.1 Å². The molecular formula is C12H8ClF5N4O2S. The van der Waals surface area contributed by atoms with E-state index in [1.807, 2.05) is 0 Å². The Labute approximate surface area is 142 Å². The summed E-state index contributed by atoms with van der Waals surface area (Å²) in [4.78, 5) is 6.51. The van der Waals surface area contributed by atoms with Crippen molar-refractivity contribution >= 4 is 33.3 Å². The van der Waals surface area contributed by atoms with Crippen molar-refractivity contribution in [1.82, 2.24) is 9.97 Å². The van der Waals surface area contributed by atoms with Crippen LogP contribution in [0.25, 0.3) is 0 Å². The molecule has 13 heteroatoms. The second-order valence-corrected chi connectivity index (χ2v) is 6.58. The Morgan fingerprint density at radius 1 is 1.08 bits per heavy atom. The number of nitrogens with one attached hydrogen (secondary N) is 1. The van der Waals surface area contributed by atoms with Crippen molar-refractivity contribution in [2.45, 2.75) is 17.0 Å². The first-order valence-electron chi connectivity index (χ1n) is 6.20. The van der Waals surface area contributed by atoms with Gasteiger partial charge in [-0.15, -0.1) is 0 Å². The Kier molecular flexibility index (Phi) is 4.90. The van der Waals surface area contributed by atoms with Crippen molar-refractivity contribution in [3.05, 3.63) is 41.2 Å². The van der Waals surface area contributed by atoms with E-state index in [-0.39, 0.29) is 22.7 Å². The van der Waals surface area contributed by atoms with E-state index in [0.717, 1.165) is 12.1 Å². The van der Waals surface area contributed by atoms with Crippen LogP contribution in [0.3, 0.4) is 0 Å². The maximum absolute atomic E-state index is 13.3. The Hall–Kier alpha value is -2.05. The molecule has 3 N–H and O–H groups in total. The van der Waals surface area contributed by atoms with E-state index >= 15 is 0 Å². The average Bonchev–Trinajstić information content (AvgIpc) is 2.45. The van der Waals surface area contributed by atoms with Crippen LogP contribution in [0.15, 0.2) is 35.4 Å². The van der Waals surface area contributed by atoms with Crippen LogP contribution in [-0.2, 0) is 15.9 Å². The van der Waals surface area contributed by atoms with Gasteiger partial charge < -0.3 is 5.32 Å². The molecule has 0 saturated carbocycles. The van der Waals surface area contributed by atoms with Crippen LogP contribution >= 0.6 is 11.6 Å². The molecule has 0 saturated heterocycles. The molecule has 0 aliphatic heterocycles. The van der Waals surface area contributed by atoms with Crippen LogP contribution in [0.2, 0.25) is 5.15 Å². The lowest BCUT2D eigenvalue weighted by atomic mass is 10.2. The molecule has 6 nitrogen and oxygen atoms in total. The summed E-state index contributed by atoms with van der Waals surface area (Å²) in [6, 6.07) is 4.81. The number of sulfonamides is 1. The summed E-state index contributed by atoms with van der Waals surface area (Å²) in [5.41, 5.74) is -1.37. The summed E-state index contributed by atoms with van der Waals surface area (Å²) in [5.74, 6) is -5.57. The molecule has 0 bridgehead atoms. The summed E-state index contributed by atoms with van der Waals surface area (Å²) >= 11 is 5.40. The molecule has 0 spiro atoms. The fraction of sp³-hybridized carbons (Fsp3) is 0.167. The maximum atomic E-state index is 13.3. The summed E-state index contributed by atoms with van der Waals surface area (Å²) in [5, 5.41) is 6.31. The molecule has 2 aromatic rings. The number of hydrogen-bond donors (Lipinski definition) is 2. The lowest BCUT2D eigenvalue weighted by Crippen LogP contribution is -2.34. The van der Waals surface area contributed by atoms with Gasteiger partial charge in [-0.2, -0.15) is 22.0 Å². The Balaban J connectivity index is 2.27. The number of alkyl halides is 5. The van der Waals surface area contributed by atoms with Crippen molar-refractivity contribution in [3.63, 3.8) is 0 Å². The van der Waals surface area contributed by atoms with Gasteiger partial charge in [-0.25, -0.2) is 23.5 Å². The largest absolute Gasteiger partial charge is 0.458 e. The van der Waals surface area contributed by atoms with Crippen LogP contribution in [0.1, 0.15) is 5.56 Å². The molecule has 0 unspecified atom stereocenters. The van der Waals surface area contributed by atoms with Gasteiger partial charge in [0.25, 0.3) is 0 Å². The Bertz CT molecular complexity index is 887. The topological polar surface area (TPSA) is 98.0 Å². The van der Waals surface area contributed by atoms with Crippen LogP contribution in [0.5, 0.6) is 0 Å². The number of hydrogen-bond acceptors (Lipinski definition) is 5. The molecule has 0 atom stereocenters. The zero-order valence-corrected chi connectivity index (χ0v) is 13.4. The van der Waals surface area contributed by atoms with Gasteiger partial charge in [-0.1, -0.05) is 11.6 Å². The summed E-state index contributed by atoms with van der Waals surface area (Å²) in [6.45, 7) is 0. The second-order valence-electron chi connectivity index (χ2n) is 4.66. The monoisotopic (exact) mass is 402 g/mol. The number of benzene rings is 1. The molecule has 2 rings (SSSR count). The van der Waals surface area contributed by atoms with Gasteiger partial charge >= 0.3 is 12.1 Å². The van der Waals surface area contributed by atoms with Crippen molar-refractivity contribution in [2.75, 3.05) is 5.32 Å². The Morgan fingerprint density at radius 3 is 2.08 bits per heavy atom. The highest BCUT2D eigenvalue weighted by Gasteiger charge is 2.60. The van der Waals surface area contributed by atoms with Gasteiger partial charge in [0.2, 0.25) is 16.0 Å². The standard InChI is InChI=1S/C12H8ClF5N4O2S/c13-9-8(11(14,15)12(16,17)18)5-20-10(22-9)21-6-1-3-7(4-2-6)25(19,23)24/h1-5H,(H2,19,23,24)(H,20,21,22). The smallest absolute Gasteiger partial charge is 0.324 e. The van der Waals surface area contributed by atoms with Crippen molar-refractivity contribution in [1.29, 1.82) is 0 Å². The second kappa shape index (κ2) is 6.35. The van der Waals surface area contributed by atoms with E-state index < -0.39 is 32.8 Å². The predicted molar refractivity (Wildman–Crippen MR) is 78.1 cm³/mol.